The molecule has 0 saturated heterocycles. The third-order valence-electron chi connectivity index (χ3n) is 6.27. The van der Waals surface area contributed by atoms with Gasteiger partial charge in [-0.3, -0.25) is 0 Å². The van der Waals surface area contributed by atoms with Crippen molar-refractivity contribution in [1.29, 1.82) is 0 Å². The molecule has 34 heavy (non-hydrogen) atoms. The minimum atomic E-state index is -1.12. The van der Waals surface area contributed by atoms with Crippen LogP contribution in [0.1, 0.15) is 33.4 Å². The number of aliphatic hydroxyl groups excluding tert-OH is 1. The minimum absolute atomic E-state index is 0.126. The van der Waals surface area contributed by atoms with Crippen molar-refractivity contribution in [3.63, 3.8) is 0 Å². The Bertz CT molecular complexity index is 1420. The third kappa shape index (κ3) is 3.24. The van der Waals surface area contributed by atoms with Gasteiger partial charge in [0, 0.05) is 29.1 Å². The Morgan fingerprint density at radius 2 is 1.76 bits per heavy atom. The summed E-state index contributed by atoms with van der Waals surface area (Å²) in [6.45, 7) is 1.69. The molecule has 0 aliphatic carbocycles. The van der Waals surface area contributed by atoms with Crippen LogP contribution in [0.5, 0.6) is 5.75 Å². The molecule has 0 fully saturated rings. The lowest BCUT2D eigenvalue weighted by Crippen LogP contribution is -2.26. The Kier molecular flexibility index (Phi) is 5.34. The number of methoxy groups -OCH3 is 1. The van der Waals surface area contributed by atoms with Crippen LogP contribution < -0.4 is 10.5 Å². The lowest BCUT2D eigenvalue weighted by Gasteiger charge is -2.31. The van der Waals surface area contributed by atoms with Gasteiger partial charge < -0.3 is 15.6 Å². The van der Waals surface area contributed by atoms with Gasteiger partial charge in [-0.1, -0.05) is 30.3 Å². The quantitative estimate of drug-likeness (QED) is 0.474. The highest BCUT2D eigenvalue weighted by molar-refractivity contribution is 6.03. The standard InChI is InChI=1S/C27H23FN4O2/c1-16-9-21(11-18(14-33)25(16)34-2)27(22-7-4-8-23(28)24(22)26(29)32-27)20-6-3-5-17(10-20)19-12-30-15-31-13-19/h3-13,15,33H,14H2,1-2H3,(H2,29,32). The first kappa shape index (κ1) is 21.7. The van der Waals surface area contributed by atoms with Gasteiger partial charge in [0.15, 0.2) is 0 Å². The monoisotopic (exact) mass is 454 g/mol. The van der Waals surface area contributed by atoms with Gasteiger partial charge in [0.1, 0.15) is 29.3 Å². The summed E-state index contributed by atoms with van der Waals surface area (Å²) in [7, 11) is 1.57. The number of aliphatic imine (C=N–C) groups is 1. The van der Waals surface area contributed by atoms with Gasteiger partial charge in [-0.15, -0.1) is 0 Å². The fourth-order valence-corrected chi connectivity index (χ4v) is 4.83. The highest BCUT2D eigenvalue weighted by Crippen LogP contribution is 2.48. The topological polar surface area (TPSA) is 93.6 Å². The van der Waals surface area contributed by atoms with Gasteiger partial charge in [-0.2, -0.15) is 0 Å². The summed E-state index contributed by atoms with van der Waals surface area (Å²) in [4.78, 5) is 13.2. The molecule has 7 heteroatoms. The number of benzene rings is 3. The SMILES string of the molecule is COc1c(C)cc(C2(c3cccc(-c4cncnc4)c3)N=C(N)c3c(F)cccc32)cc1CO. The second-order valence-electron chi connectivity index (χ2n) is 8.22. The Morgan fingerprint density at radius 1 is 1.00 bits per heavy atom. The molecule has 0 bridgehead atoms. The number of rotatable bonds is 5. The van der Waals surface area contributed by atoms with E-state index in [1.165, 1.54) is 12.4 Å². The van der Waals surface area contributed by atoms with E-state index in [-0.39, 0.29) is 18.0 Å². The van der Waals surface area contributed by atoms with E-state index in [1.807, 2.05) is 49.4 Å². The summed E-state index contributed by atoms with van der Waals surface area (Å²) >= 11 is 0. The minimum Gasteiger partial charge on any atom is -0.496 e. The van der Waals surface area contributed by atoms with Gasteiger partial charge >= 0.3 is 0 Å². The second kappa shape index (κ2) is 8.35. The lowest BCUT2D eigenvalue weighted by molar-refractivity contribution is 0.273. The summed E-state index contributed by atoms with van der Waals surface area (Å²) in [6, 6.07) is 16.5. The lowest BCUT2D eigenvalue weighted by atomic mass is 9.76. The Balaban J connectivity index is 1.84. The maximum absolute atomic E-state index is 15.0. The van der Waals surface area contributed by atoms with Crippen LogP contribution in [0.2, 0.25) is 0 Å². The molecule has 3 N–H and O–H groups in total. The van der Waals surface area contributed by atoms with Crippen LogP contribution in [0.25, 0.3) is 11.1 Å². The number of halogens is 1. The summed E-state index contributed by atoms with van der Waals surface area (Å²) in [5.74, 6) is 0.299. The van der Waals surface area contributed by atoms with Crippen LogP contribution in [-0.4, -0.2) is 28.0 Å². The molecule has 5 rings (SSSR count). The Labute approximate surface area is 196 Å². The van der Waals surface area contributed by atoms with Crippen LogP contribution >= 0.6 is 0 Å². The van der Waals surface area contributed by atoms with Crippen molar-refractivity contribution in [3.05, 3.63) is 113 Å². The summed E-state index contributed by atoms with van der Waals surface area (Å²) in [6.07, 6.45) is 4.95. The zero-order valence-corrected chi connectivity index (χ0v) is 18.8. The predicted octanol–water partition coefficient (Wildman–Crippen LogP) is 4.10. The molecule has 1 aliphatic heterocycles. The maximum Gasteiger partial charge on any atom is 0.139 e. The normalized spacial score (nSPS) is 16.8. The molecule has 0 radical (unpaired) electrons. The maximum atomic E-state index is 15.0. The number of hydrogen-bond donors (Lipinski definition) is 2. The van der Waals surface area contributed by atoms with Crippen molar-refractivity contribution in [2.75, 3.05) is 7.11 Å². The summed E-state index contributed by atoms with van der Waals surface area (Å²) in [5, 5.41) is 10.1. The van der Waals surface area contributed by atoms with E-state index in [1.54, 1.807) is 25.6 Å². The number of aromatic nitrogens is 2. The molecule has 0 saturated carbocycles. The van der Waals surface area contributed by atoms with Crippen LogP contribution in [0.3, 0.4) is 0 Å². The van der Waals surface area contributed by atoms with Gasteiger partial charge in [0.05, 0.1) is 19.3 Å². The summed E-state index contributed by atoms with van der Waals surface area (Å²) < 4.78 is 20.5. The number of ether oxygens (including phenoxy) is 1. The van der Waals surface area contributed by atoms with Crippen molar-refractivity contribution >= 4 is 5.84 Å². The number of nitrogens with zero attached hydrogens (tertiary/aromatic N) is 3. The molecule has 6 nitrogen and oxygen atoms in total. The second-order valence-corrected chi connectivity index (χ2v) is 8.22. The third-order valence-corrected chi connectivity index (χ3v) is 6.27. The first-order chi connectivity index (χ1) is 16.5. The number of amidine groups is 1. The molecule has 1 aliphatic rings. The molecular formula is C27H23FN4O2. The van der Waals surface area contributed by atoms with Gasteiger partial charge in [0.25, 0.3) is 0 Å². The molecule has 1 unspecified atom stereocenters. The van der Waals surface area contributed by atoms with Crippen molar-refractivity contribution < 1.29 is 14.2 Å². The van der Waals surface area contributed by atoms with Crippen molar-refractivity contribution in [2.45, 2.75) is 19.1 Å². The molecule has 1 aromatic heterocycles. The molecular weight excluding hydrogens is 431 g/mol. The van der Waals surface area contributed by atoms with Gasteiger partial charge in [0.2, 0.25) is 0 Å². The first-order valence-corrected chi connectivity index (χ1v) is 10.8. The molecule has 0 amide bonds. The first-order valence-electron chi connectivity index (χ1n) is 10.8. The van der Waals surface area contributed by atoms with Crippen LogP contribution in [0.4, 0.5) is 4.39 Å². The zero-order valence-electron chi connectivity index (χ0n) is 18.8. The van der Waals surface area contributed by atoms with Crippen molar-refractivity contribution in [3.8, 4) is 16.9 Å². The number of fused-ring (bicyclic) bond motifs is 1. The average molecular weight is 455 g/mol. The van der Waals surface area contributed by atoms with Crippen LogP contribution in [0.15, 0.2) is 78.3 Å². The van der Waals surface area contributed by atoms with E-state index >= 15 is 0 Å². The van der Waals surface area contributed by atoms with E-state index in [0.717, 1.165) is 27.8 Å². The van der Waals surface area contributed by atoms with Crippen LogP contribution in [-0.2, 0) is 12.1 Å². The average Bonchev–Trinajstić information content (AvgIpc) is 3.18. The summed E-state index contributed by atoms with van der Waals surface area (Å²) in [5.41, 5.74) is 10.9. The molecule has 4 aromatic rings. The largest absolute Gasteiger partial charge is 0.496 e. The molecule has 0 spiro atoms. The van der Waals surface area contributed by atoms with Crippen molar-refractivity contribution in [1.82, 2.24) is 9.97 Å². The predicted molar refractivity (Wildman–Crippen MR) is 128 cm³/mol. The number of hydrogen-bond acceptors (Lipinski definition) is 6. The molecule has 3 aromatic carbocycles. The van der Waals surface area contributed by atoms with Gasteiger partial charge in [-0.25, -0.2) is 19.4 Å². The molecule has 170 valence electrons. The molecule has 2 heterocycles. The van der Waals surface area contributed by atoms with E-state index < -0.39 is 11.4 Å². The highest BCUT2D eigenvalue weighted by atomic mass is 19.1. The van der Waals surface area contributed by atoms with E-state index in [0.29, 0.717) is 16.9 Å². The number of nitrogens with two attached hydrogens (primary N) is 1. The van der Waals surface area contributed by atoms with E-state index in [9.17, 15) is 9.50 Å². The fourth-order valence-electron chi connectivity index (χ4n) is 4.83. The van der Waals surface area contributed by atoms with Gasteiger partial charge in [-0.05, 0) is 53.4 Å². The van der Waals surface area contributed by atoms with E-state index in [2.05, 4.69) is 9.97 Å². The Morgan fingerprint density at radius 3 is 2.50 bits per heavy atom. The Hall–Kier alpha value is -4.10. The number of aryl methyl sites for hydroxylation is 1. The van der Waals surface area contributed by atoms with Crippen LogP contribution in [0, 0.1) is 12.7 Å². The number of aliphatic hydroxyl groups is 1. The van der Waals surface area contributed by atoms with Crippen molar-refractivity contribution in [2.24, 2.45) is 10.7 Å². The smallest absolute Gasteiger partial charge is 0.139 e. The highest BCUT2D eigenvalue weighted by Gasteiger charge is 2.44. The molecule has 1 atom stereocenters. The fraction of sp³-hybridized carbons (Fsp3) is 0.148. The van der Waals surface area contributed by atoms with E-state index in [4.69, 9.17) is 15.5 Å². The zero-order chi connectivity index (χ0) is 23.9.